The van der Waals surface area contributed by atoms with E-state index < -0.39 is 42.6 Å². The zero-order valence-electron chi connectivity index (χ0n) is 9.45. The highest BCUT2D eigenvalue weighted by atomic mass is 19.4. The molecule has 0 aliphatic heterocycles. The average molecular weight is 289 g/mol. The minimum Gasteiger partial charge on any atom is -0.324 e. The lowest BCUT2D eigenvalue weighted by Crippen LogP contribution is -2.17. The summed E-state index contributed by atoms with van der Waals surface area (Å²) in [6.07, 6.45) is -11.0. The molecule has 1 aromatic carbocycles. The summed E-state index contributed by atoms with van der Waals surface area (Å²) >= 11 is 0. The van der Waals surface area contributed by atoms with E-state index in [1.54, 1.807) is 0 Å². The van der Waals surface area contributed by atoms with Gasteiger partial charge in [0.25, 0.3) is 0 Å². The molecular weight excluding hydrogens is 279 g/mol. The number of rotatable bonds is 3. The number of hydrogen-bond donors (Lipinski definition) is 1. The molecule has 0 fully saturated rings. The first kappa shape index (κ1) is 15.7. The Hall–Kier alpha value is -1.31. The highest BCUT2D eigenvalue weighted by molar-refractivity contribution is 5.28. The first-order valence-corrected chi connectivity index (χ1v) is 5.19. The molecule has 0 saturated carbocycles. The smallest absolute Gasteiger partial charge is 0.324 e. The van der Waals surface area contributed by atoms with Crippen molar-refractivity contribution in [2.24, 2.45) is 5.73 Å². The van der Waals surface area contributed by atoms with E-state index in [0.717, 1.165) is 6.07 Å². The van der Waals surface area contributed by atoms with E-state index >= 15 is 0 Å². The quantitative estimate of drug-likeness (QED) is 0.830. The zero-order valence-corrected chi connectivity index (χ0v) is 9.45. The molecule has 2 N–H and O–H groups in total. The summed E-state index contributed by atoms with van der Waals surface area (Å²) in [5.74, 6) is -1.55. The minimum atomic E-state index is -4.85. The number of nitrogens with two attached hydrogens (primary N) is 1. The van der Waals surface area contributed by atoms with Gasteiger partial charge in [-0.2, -0.15) is 26.3 Å². The van der Waals surface area contributed by atoms with Crippen LogP contribution in [0, 0.1) is 5.82 Å². The zero-order chi connectivity index (χ0) is 14.8. The van der Waals surface area contributed by atoms with Crippen molar-refractivity contribution in [3.8, 4) is 0 Å². The molecule has 1 unspecified atom stereocenters. The number of alkyl halides is 6. The van der Waals surface area contributed by atoms with Gasteiger partial charge < -0.3 is 5.73 Å². The summed E-state index contributed by atoms with van der Waals surface area (Å²) in [6, 6.07) is 0.702. The molecule has 1 nitrogen and oxygen atoms in total. The molecule has 19 heavy (non-hydrogen) atoms. The predicted molar refractivity (Wildman–Crippen MR) is 53.6 cm³/mol. The van der Waals surface area contributed by atoms with Gasteiger partial charge in [-0.05, 0) is 24.1 Å². The second-order valence-corrected chi connectivity index (χ2v) is 4.00. The van der Waals surface area contributed by atoms with Crippen LogP contribution < -0.4 is 5.73 Å². The van der Waals surface area contributed by atoms with E-state index in [2.05, 4.69) is 0 Å². The van der Waals surface area contributed by atoms with Crippen molar-refractivity contribution in [3.63, 3.8) is 0 Å². The molecule has 1 rings (SSSR count). The lowest BCUT2D eigenvalue weighted by Gasteiger charge is -2.15. The van der Waals surface area contributed by atoms with Crippen molar-refractivity contribution in [3.05, 3.63) is 35.1 Å². The number of benzene rings is 1. The molecule has 0 heterocycles. The van der Waals surface area contributed by atoms with Gasteiger partial charge in [0.05, 0.1) is 5.56 Å². The fourth-order valence-electron chi connectivity index (χ4n) is 1.48. The summed E-state index contributed by atoms with van der Waals surface area (Å²) in [6.45, 7) is 0. The molecular formula is C11H10F7N. The van der Waals surface area contributed by atoms with Crippen LogP contribution in [0.3, 0.4) is 0 Å². The van der Waals surface area contributed by atoms with Crippen molar-refractivity contribution >= 4 is 0 Å². The third-order valence-corrected chi connectivity index (χ3v) is 2.47. The van der Waals surface area contributed by atoms with Gasteiger partial charge in [-0.1, -0.05) is 6.07 Å². The maximum absolute atomic E-state index is 13.2. The minimum absolute atomic E-state index is 0.102. The third kappa shape index (κ3) is 4.70. The fourth-order valence-corrected chi connectivity index (χ4v) is 1.48. The number of hydrogen-bond acceptors (Lipinski definition) is 1. The number of halogens is 7. The summed E-state index contributed by atoms with van der Waals surface area (Å²) in [5.41, 5.74) is 3.81. The van der Waals surface area contributed by atoms with Crippen molar-refractivity contribution in [2.75, 3.05) is 0 Å². The van der Waals surface area contributed by atoms with Crippen molar-refractivity contribution < 1.29 is 30.7 Å². The van der Waals surface area contributed by atoms with E-state index in [9.17, 15) is 30.7 Å². The largest absolute Gasteiger partial charge is 0.419 e. The van der Waals surface area contributed by atoms with Gasteiger partial charge in [-0.15, -0.1) is 0 Å². The Morgan fingerprint density at radius 3 is 2.05 bits per heavy atom. The highest BCUT2D eigenvalue weighted by Crippen LogP contribution is 2.33. The van der Waals surface area contributed by atoms with Crippen LogP contribution in [-0.2, 0) is 6.18 Å². The van der Waals surface area contributed by atoms with Crippen molar-refractivity contribution in [1.82, 2.24) is 0 Å². The Morgan fingerprint density at radius 1 is 1.05 bits per heavy atom. The van der Waals surface area contributed by atoms with Gasteiger partial charge >= 0.3 is 12.4 Å². The maximum Gasteiger partial charge on any atom is 0.419 e. The Balaban J connectivity index is 2.83. The molecule has 0 amide bonds. The molecule has 1 aromatic rings. The lowest BCUT2D eigenvalue weighted by molar-refractivity contribution is -0.140. The lowest BCUT2D eigenvalue weighted by atomic mass is 10.0. The van der Waals surface area contributed by atoms with Crippen LogP contribution in [0.25, 0.3) is 0 Å². The van der Waals surface area contributed by atoms with Crippen LogP contribution in [0.5, 0.6) is 0 Å². The van der Waals surface area contributed by atoms with E-state index in [-0.39, 0.29) is 5.56 Å². The third-order valence-electron chi connectivity index (χ3n) is 2.47. The standard InChI is InChI=1S/C11H10F7N/c12-8-5-6(1-2-7(8)11(16,17)18)9(19)3-4-10(13,14)15/h1-2,5,9H,3-4,19H2. The van der Waals surface area contributed by atoms with Crippen LogP contribution in [0.1, 0.15) is 30.0 Å². The summed E-state index contributed by atoms with van der Waals surface area (Å²) in [5, 5.41) is 0. The van der Waals surface area contributed by atoms with Crippen LogP contribution in [-0.4, -0.2) is 6.18 Å². The second-order valence-electron chi connectivity index (χ2n) is 4.00. The van der Waals surface area contributed by atoms with Crippen molar-refractivity contribution in [1.29, 1.82) is 0 Å². The first-order valence-electron chi connectivity index (χ1n) is 5.19. The molecule has 0 aromatic heterocycles. The Kier molecular flexibility index (Phi) is 4.44. The molecule has 8 heteroatoms. The van der Waals surface area contributed by atoms with E-state index in [1.165, 1.54) is 0 Å². The van der Waals surface area contributed by atoms with E-state index in [1.807, 2.05) is 0 Å². The average Bonchev–Trinajstić information content (AvgIpc) is 2.22. The van der Waals surface area contributed by atoms with Gasteiger partial charge in [-0.25, -0.2) is 4.39 Å². The summed E-state index contributed by atoms with van der Waals surface area (Å²) in [7, 11) is 0. The van der Waals surface area contributed by atoms with Crippen LogP contribution in [0.15, 0.2) is 18.2 Å². The van der Waals surface area contributed by atoms with Gasteiger partial charge in [-0.3, -0.25) is 0 Å². The SMILES string of the molecule is NC(CCC(F)(F)F)c1ccc(C(F)(F)F)c(F)c1. The van der Waals surface area contributed by atoms with E-state index in [4.69, 9.17) is 5.73 Å². The predicted octanol–water partition coefficient (Wildman–Crippen LogP) is 4.19. The molecule has 0 radical (unpaired) electrons. The van der Waals surface area contributed by atoms with Crippen molar-refractivity contribution in [2.45, 2.75) is 31.2 Å². The second kappa shape index (κ2) is 5.36. The van der Waals surface area contributed by atoms with Crippen LogP contribution in [0.2, 0.25) is 0 Å². The molecule has 0 bridgehead atoms. The van der Waals surface area contributed by atoms with Gasteiger partial charge in [0.2, 0.25) is 0 Å². The Labute approximate surface area is 104 Å². The topological polar surface area (TPSA) is 26.0 Å². The molecule has 0 spiro atoms. The van der Waals surface area contributed by atoms with Gasteiger partial charge in [0, 0.05) is 12.5 Å². The fraction of sp³-hybridized carbons (Fsp3) is 0.455. The molecule has 108 valence electrons. The first-order chi connectivity index (χ1) is 8.50. The van der Waals surface area contributed by atoms with Gasteiger partial charge in [0.15, 0.2) is 0 Å². The Bertz CT molecular complexity index is 436. The molecule has 1 atom stereocenters. The summed E-state index contributed by atoms with van der Waals surface area (Å²) in [4.78, 5) is 0. The van der Waals surface area contributed by atoms with Crippen LogP contribution in [0.4, 0.5) is 30.7 Å². The molecule has 0 aliphatic rings. The van der Waals surface area contributed by atoms with Gasteiger partial charge in [0.1, 0.15) is 5.82 Å². The normalized spacial score (nSPS) is 14.5. The van der Waals surface area contributed by atoms with E-state index in [0.29, 0.717) is 12.1 Å². The Morgan fingerprint density at radius 2 is 1.63 bits per heavy atom. The molecule has 0 aliphatic carbocycles. The summed E-state index contributed by atoms with van der Waals surface area (Å²) < 4.78 is 85.8. The van der Waals surface area contributed by atoms with Crippen LogP contribution >= 0.6 is 0 Å². The molecule has 0 saturated heterocycles. The maximum atomic E-state index is 13.2. The monoisotopic (exact) mass is 289 g/mol. The highest BCUT2D eigenvalue weighted by Gasteiger charge is 2.34.